The molecule has 2 N–H and O–H groups in total. The van der Waals surface area contributed by atoms with E-state index >= 15 is 0 Å². The maximum atomic E-state index is 12.0. The summed E-state index contributed by atoms with van der Waals surface area (Å²) in [6.45, 7) is 0. The second-order valence-electron chi connectivity index (χ2n) is 4.13. The zero-order chi connectivity index (χ0) is 14.3. The van der Waals surface area contributed by atoms with Gasteiger partial charge in [-0.2, -0.15) is 8.42 Å². The molecule has 0 radical (unpaired) electrons. The lowest BCUT2D eigenvalue weighted by Gasteiger charge is -2.05. The molecule has 0 aliphatic heterocycles. The third-order valence-electron chi connectivity index (χ3n) is 2.81. The largest absolute Gasteiger partial charge is 0.419 e. The van der Waals surface area contributed by atoms with E-state index < -0.39 is 15.8 Å². The Morgan fingerprint density at radius 3 is 2.90 bits per heavy atom. The summed E-state index contributed by atoms with van der Waals surface area (Å²) < 4.78 is 32.7. The molecule has 0 saturated heterocycles. The van der Waals surface area contributed by atoms with E-state index in [0.29, 0.717) is 16.8 Å². The molecular formula is C11H10N4O4S. The van der Waals surface area contributed by atoms with Gasteiger partial charge in [0.15, 0.2) is 10.6 Å². The number of sulfonamides is 1. The topological polar surface area (TPSA) is 110 Å². The van der Waals surface area contributed by atoms with Crippen LogP contribution in [0.2, 0.25) is 0 Å². The Morgan fingerprint density at radius 1 is 1.40 bits per heavy atom. The summed E-state index contributed by atoms with van der Waals surface area (Å²) >= 11 is 0. The normalized spacial score (nSPS) is 11.8. The predicted octanol–water partition coefficient (Wildman–Crippen LogP) is 0.655. The van der Waals surface area contributed by atoms with Crippen molar-refractivity contribution in [3.8, 4) is 0 Å². The van der Waals surface area contributed by atoms with Crippen molar-refractivity contribution in [2.75, 3.05) is 4.72 Å². The Labute approximate surface area is 113 Å². The summed E-state index contributed by atoms with van der Waals surface area (Å²) in [5, 5.41) is -0.0490. The van der Waals surface area contributed by atoms with Crippen LogP contribution in [0.1, 0.15) is 0 Å². The predicted molar refractivity (Wildman–Crippen MR) is 70.9 cm³/mol. The standard InChI is InChI=1S/C11H10N4O4S/c1-15-8-3-2-7(4-9(8)19-11(15)16)14-20(17,18)10-5-12-6-13-10/h2-6,14H,1H3,(H,12,13). The third kappa shape index (κ3) is 1.97. The van der Waals surface area contributed by atoms with Gasteiger partial charge < -0.3 is 9.40 Å². The first kappa shape index (κ1) is 12.5. The first-order chi connectivity index (χ1) is 9.47. The second kappa shape index (κ2) is 4.23. The summed E-state index contributed by atoms with van der Waals surface area (Å²) in [6.07, 6.45) is 2.47. The number of H-pyrrole nitrogens is 1. The van der Waals surface area contributed by atoms with Gasteiger partial charge in [0, 0.05) is 13.1 Å². The molecule has 20 heavy (non-hydrogen) atoms. The number of oxazole rings is 1. The molecule has 0 spiro atoms. The third-order valence-corrected chi connectivity index (χ3v) is 4.11. The van der Waals surface area contributed by atoms with Gasteiger partial charge >= 0.3 is 5.76 Å². The van der Waals surface area contributed by atoms with Gasteiger partial charge in [-0.05, 0) is 12.1 Å². The second-order valence-corrected chi connectivity index (χ2v) is 5.78. The van der Waals surface area contributed by atoms with E-state index in [1.54, 1.807) is 19.2 Å². The van der Waals surface area contributed by atoms with Crippen molar-refractivity contribution in [3.63, 3.8) is 0 Å². The summed E-state index contributed by atoms with van der Waals surface area (Å²) in [6, 6.07) is 4.60. The number of anilines is 1. The fraction of sp³-hybridized carbons (Fsp3) is 0.0909. The van der Waals surface area contributed by atoms with E-state index in [4.69, 9.17) is 4.42 Å². The Bertz CT molecular complexity index is 921. The van der Waals surface area contributed by atoms with Crippen LogP contribution in [0.5, 0.6) is 0 Å². The Kier molecular flexibility index (Phi) is 2.64. The smallest absolute Gasteiger partial charge is 0.408 e. The van der Waals surface area contributed by atoms with Gasteiger partial charge in [0.25, 0.3) is 10.0 Å². The van der Waals surface area contributed by atoms with Gasteiger partial charge in [0.1, 0.15) is 0 Å². The lowest BCUT2D eigenvalue weighted by molar-refractivity contribution is 0.528. The van der Waals surface area contributed by atoms with Crippen LogP contribution in [0.25, 0.3) is 11.1 Å². The number of aromatic nitrogens is 3. The van der Waals surface area contributed by atoms with E-state index in [9.17, 15) is 13.2 Å². The minimum absolute atomic E-state index is 0.0490. The molecule has 0 atom stereocenters. The molecule has 9 heteroatoms. The first-order valence-electron chi connectivity index (χ1n) is 5.58. The lowest BCUT2D eigenvalue weighted by atomic mass is 10.3. The maximum Gasteiger partial charge on any atom is 0.419 e. The average Bonchev–Trinajstić information content (AvgIpc) is 2.99. The van der Waals surface area contributed by atoms with Gasteiger partial charge in [-0.1, -0.05) is 0 Å². The minimum Gasteiger partial charge on any atom is -0.408 e. The molecule has 0 aliphatic rings. The van der Waals surface area contributed by atoms with Crippen molar-refractivity contribution in [2.24, 2.45) is 7.05 Å². The Hall–Kier alpha value is -2.55. The molecular weight excluding hydrogens is 284 g/mol. The highest BCUT2D eigenvalue weighted by molar-refractivity contribution is 7.92. The molecule has 3 rings (SSSR count). The first-order valence-corrected chi connectivity index (χ1v) is 7.06. The van der Waals surface area contributed by atoms with Crippen LogP contribution in [0.4, 0.5) is 5.69 Å². The molecule has 2 heterocycles. The highest BCUT2D eigenvalue weighted by Crippen LogP contribution is 2.20. The number of nitrogens with zero attached hydrogens (tertiary/aromatic N) is 2. The molecule has 8 nitrogen and oxygen atoms in total. The van der Waals surface area contributed by atoms with Gasteiger partial charge in [-0.25, -0.2) is 9.78 Å². The maximum absolute atomic E-state index is 12.0. The van der Waals surface area contributed by atoms with Crippen molar-refractivity contribution < 1.29 is 12.8 Å². The number of imidazole rings is 1. The number of benzene rings is 1. The highest BCUT2D eigenvalue weighted by Gasteiger charge is 2.16. The molecule has 104 valence electrons. The SMILES string of the molecule is Cn1c(=O)oc2cc(NS(=O)(=O)c3cnc[nH]3)ccc21. The zero-order valence-corrected chi connectivity index (χ0v) is 11.1. The fourth-order valence-corrected chi connectivity index (χ4v) is 2.75. The van der Waals surface area contributed by atoms with Crippen LogP contribution >= 0.6 is 0 Å². The minimum atomic E-state index is -3.74. The molecule has 0 bridgehead atoms. The van der Waals surface area contributed by atoms with Crippen LogP contribution in [-0.4, -0.2) is 23.0 Å². The van der Waals surface area contributed by atoms with Crippen molar-refractivity contribution in [1.29, 1.82) is 0 Å². The van der Waals surface area contributed by atoms with E-state index in [-0.39, 0.29) is 5.03 Å². The summed E-state index contributed by atoms with van der Waals surface area (Å²) in [5.74, 6) is -0.506. The number of rotatable bonds is 3. The van der Waals surface area contributed by atoms with E-state index in [2.05, 4.69) is 14.7 Å². The van der Waals surface area contributed by atoms with Crippen molar-refractivity contribution in [3.05, 3.63) is 41.3 Å². The van der Waals surface area contributed by atoms with Gasteiger partial charge in [-0.3, -0.25) is 9.29 Å². The highest BCUT2D eigenvalue weighted by atomic mass is 32.2. The van der Waals surface area contributed by atoms with Gasteiger partial charge in [0.2, 0.25) is 0 Å². The number of nitrogens with one attached hydrogen (secondary N) is 2. The van der Waals surface area contributed by atoms with Gasteiger partial charge in [-0.15, -0.1) is 0 Å². The van der Waals surface area contributed by atoms with Crippen LogP contribution in [-0.2, 0) is 17.1 Å². The van der Waals surface area contributed by atoms with E-state index in [1.807, 2.05) is 0 Å². The quantitative estimate of drug-likeness (QED) is 0.737. The molecule has 0 amide bonds. The summed E-state index contributed by atoms with van der Waals surface area (Å²) in [4.78, 5) is 17.5. The zero-order valence-electron chi connectivity index (χ0n) is 10.3. The fourth-order valence-electron chi connectivity index (χ4n) is 1.80. The van der Waals surface area contributed by atoms with Crippen LogP contribution in [0.3, 0.4) is 0 Å². The average molecular weight is 294 g/mol. The molecule has 0 fully saturated rings. The summed E-state index contributed by atoms with van der Waals surface area (Å²) in [7, 11) is -2.16. The van der Waals surface area contributed by atoms with Crippen LogP contribution in [0.15, 0.2) is 45.0 Å². The number of fused-ring (bicyclic) bond motifs is 1. The molecule has 3 aromatic rings. The van der Waals surface area contributed by atoms with Crippen LogP contribution < -0.4 is 10.5 Å². The molecule has 0 unspecified atom stereocenters. The lowest BCUT2D eigenvalue weighted by Crippen LogP contribution is -2.13. The van der Waals surface area contributed by atoms with E-state index in [1.165, 1.54) is 23.2 Å². The summed E-state index contributed by atoms with van der Waals surface area (Å²) in [5.41, 5.74) is 1.18. The Morgan fingerprint density at radius 2 is 2.20 bits per heavy atom. The van der Waals surface area contributed by atoms with Crippen molar-refractivity contribution >= 4 is 26.8 Å². The Balaban J connectivity index is 2.02. The molecule has 2 aromatic heterocycles. The van der Waals surface area contributed by atoms with Crippen LogP contribution in [0, 0.1) is 0 Å². The monoisotopic (exact) mass is 294 g/mol. The number of hydrogen-bond donors (Lipinski definition) is 2. The van der Waals surface area contributed by atoms with Crippen molar-refractivity contribution in [1.82, 2.24) is 14.5 Å². The molecule has 1 aromatic carbocycles. The van der Waals surface area contributed by atoms with E-state index in [0.717, 1.165) is 0 Å². The number of aryl methyl sites for hydroxylation is 1. The number of aromatic amines is 1. The molecule has 0 aliphatic carbocycles. The van der Waals surface area contributed by atoms with Gasteiger partial charge in [0.05, 0.1) is 23.7 Å². The van der Waals surface area contributed by atoms with Crippen molar-refractivity contribution in [2.45, 2.75) is 5.03 Å². The number of hydrogen-bond acceptors (Lipinski definition) is 5. The molecule has 0 saturated carbocycles.